The van der Waals surface area contributed by atoms with Crippen LogP contribution in [0.25, 0.3) is 0 Å². The molecule has 1 aromatic rings. The topological polar surface area (TPSA) is 112 Å². The molecule has 0 unspecified atom stereocenters. The molecule has 0 saturated carbocycles. The van der Waals surface area contributed by atoms with Crippen molar-refractivity contribution in [2.45, 2.75) is 110 Å². The molecule has 0 aromatic heterocycles. The van der Waals surface area contributed by atoms with E-state index >= 15 is 0 Å². The van der Waals surface area contributed by atoms with Gasteiger partial charge in [0.15, 0.2) is 0 Å². The van der Waals surface area contributed by atoms with Crippen LogP contribution < -0.4 is 48.4 Å². The predicted octanol–water partition coefficient (Wildman–Crippen LogP) is 1.65. The first-order valence-electron chi connectivity index (χ1n) is 12.2. The molecule has 0 amide bonds. The van der Waals surface area contributed by atoms with Crippen LogP contribution >= 0.6 is 0 Å². The number of carbonyl (C=O) groups is 3. The summed E-state index contributed by atoms with van der Waals surface area (Å²) >= 11 is 0. The van der Waals surface area contributed by atoms with Gasteiger partial charge in [0, 0.05) is 6.42 Å². The molecule has 0 bridgehead atoms. The van der Waals surface area contributed by atoms with E-state index in [0.29, 0.717) is 6.42 Å². The van der Waals surface area contributed by atoms with E-state index in [9.17, 15) is 14.4 Å². The fourth-order valence-electron chi connectivity index (χ4n) is 3.40. The van der Waals surface area contributed by atoms with Gasteiger partial charge in [-0.05, 0) is 30.7 Å². The molecule has 6 nitrogen and oxygen atoms in total. The average Bonchev–Trinajstić information content (AvgIpc) is 2.76. The van der Waals surface area contributed by atoms with E-state index < -0.39 is 17.9 Å². The van der Waals surface area contributed by atoms with Crippen LogP contribution in [-0.2, 0) is 4.79 Å². The van der Waals surface area contributed by atoms with Gasteiger partial charge < -0.3 is 18.2 Å². The molecule has 0 atom stereocenters. The minimum atomic E-state index is -1.06. The zero-order valence-electron chi connectivity index (χ0n) is 23.7. The number of unbranched alkanes of at least 4 members (excludes halogenated alkanes) is 14. The number of carboxylic acids is 3. The molecule has 3 N–H and O–H groups in total. The van der Waals surface area contributed by atoms with Gasteiger partial charge in [-0.2, -0.15) is 0 Å². The number of aliphatic carboxylic acids is 1. The third kappa shape index (κ3) is 24.4. The summed E-state index contributed by atoms with van der Waals surface area (Å²) in [5, 5.41) is 25.5. The number of aromatic carboxylic acids is 2. The molecule has 0 aliphatic carbocycles. The monoisotopic (exact) mass is 482 g/mol. The first kappa shape index (κ1) is 37.8. The number of carboxylic acid groups (broad SMARTS) is 3. The van der Waals surface area contributed by atoms with Crippen molar-refractivity contribution in [1.29, 1.82) is 0 Å². The van der Waals surface area contributed by atoms with E-state index in [1.54, 1.807) is 0 Å². The summed E-state index contributed by atoms with van der Waals surface area (Å²) in [4.78, 5) is 31.0. The van der Waals surface area contributed by atoms with Crippen LogP contribution in [0.4, 0.5) is 0 Å². The Bertz CT molecular complexity index is 615. The summed E-state index contributed by atoms with van der Waals surface area (Å²) in [6.45, 7) is 2.27. The Morgan fingerprint density at radius 1 is 0.588 bits per heavy atom. The zero-order valence-corrected chi connectivity index (χ0v) is 23.7. The molecule has 0 fully saturated rings. The molecular weight excluding hydrogens is 438 g/mol. The number of benzene rings is 1. The van der Waals surface area contributed by atoms with Crippen LogP contribution in [0.5, 0.6) is 0 Å². The van der Waals surface area contributed by atoms with Gasteiger partial charge >= 0.3 is 66.3 Å². The summed E-state index contributed by atoms with van der Waals surface area (Å²) in [6.07, 6.45) is 20.2. The molecule has 0 heterocycles. The first-order chi connectivity index (χ1) is 15.4. The Morgan fingerprint density at radius 2 is 0.853 bits per heavy atom. The normalized spacial score (nSPS) is 9.68. The smallest absolute Gasteiger partial charge is 1.00 e. The number of hydrogen-bond acceptors (Lipinski definition) is 3. The van der Waals surface area contributed by atoms with E-state index in [4.69, 9.17) is 15.3 Å². The van der Waals surface area contributed by atoms with Crippen LogP contribution in [0, 0.1) is 0 Å². The number of rotatable bonds is 18. The Labute approximate surface area is 242 Å². The minimum Gasteiger partial charge on any atom is -1.00 e. The van der Waals surface area contributed by atoms with E-state index in [1.807, 2.05) is 0 Å². The van der Waals surface area contributed by atoms with E-state index in [2.05, 4.69) is 6.92 Å². The Kier molecular flexibility index (Phi) is 29.8. The molecular formula is C26H44LiNaO6. The Balaban J connectivity index is -0.000000174. The molecule has 8 heteroatoms. The van der Waals surface area contributed by atoms with Crippen LogP contribution in [0.3, 0.4) is 0 Å². The van der Waals surface area contributed by atoms with Crippen molar-refractivity contribution in [3.63, 3.8) is 0 Å². The third-order valence-electron chi connectivity index (χ3n) is 5.37. The fraction of sp³-hybridized carbons (Fsp3) is 0.654. The minimum absolute atomic E-state index is 0. The van der Waals surface area contributed by atoms with Gasteiger partial charge in [-0.1, -0.05) is 96.8 Å². The van der Waals surface area contributed by atoms with Crippen molar-refractivity contribution in [2.75, 3.05) is 0 Å². The van der Waals surface area contributed by atoms with Crippen LogP contribution in [-0.4, -0.2) is 33.2 Å². The first-order valence-corrected chi connectivity index (χ1v) is 12.2. The van der Waals surface area contributed by atoms with Crippen molar-refractivity contribution >= 4 is 17.9 Å². The van der Waals surface area contributed by atoms with Crippen LogP contribution in [0.2, 0.25) is 0 Å². The van der Waals surface area contributed by atoms with Crippen molar-refractivity contribution in [2.24, 2.45) is 0 Å². The van der Waals surface area contributed by atoms with E-state index in [0.717, 1.165) is 12.8 Å². The summed E-state index contributed by atoms with van der Waals surface area (Å²) in [7, 11) is 0. The van der Waals surface area contributed by atoms with Gasteiger partial charge in [0.25, 0.3) is 0 Å². The maximum absolute atomic E-state index is 10.3. The molecule has 1 aromatic carbocycles. The Hall–Kier alpha value is -0.773. The standard InChI is InChI=1S/C18H36O2.C8H6O4.Li.Na.2H/c1-2-3-4-5-6-7-8-9-10-11-12-13-14-15-16-17-18(19)20;9-7(10)5-1-2-6(4-3-5)8(11)12;;;;/h2-17H2,1H3,(H,19,20);1-4H,(H,9,10)(H,11,12);;;;/q;;2*+1;2*-1. The molecule has 0 saturated heterocycles. The SMILES string of the molecule is CCCCCCCCCCCCCCCCCC(=O)O.O=C(O)c1ccc(C(=O)O)cc1.[H-].[H-].[Li+].[Na+]. The quantitative estimate of drug-likeness (QED) is 0.217. The largest absolute Gasteiger partial charge is 1.00 e. The molecule has 0 aliphatic rings. The Morgan fingerprint density at radius 3 is 1.09 bits per heavy atom. The van der Waals surface area contributed by atoms with Gasteiger partial charge in [-0.25, -0.2) is 9.59 Å². The number of hydrogen-bond donors (Lipinski definition) is 3. The third-order valence-corrected chi connectivity index (χ3v) is 5.37. The zero-order chi connectivity index (χ0) is 24.0. The molecule has 0 aliphatic heterocycles. The summed E-state index contributed by atoms with van der Waals surface area (Å²) in [5.41, 5.74) is 0.167. The van der Waals surface area contributed by atoms with Crippen molar-refractivity contribution in [1.82, 2.24) is 0 Å². The second-order valence-electron chi connectivity index (χ2n) is 8.28. The van der Waals surface area contributed by atoms with Gasteiger partial charge in [0.1, 0.15) is 0 Å². The van der Waals surface area contributed by atoms with Crippen LogP contribution in [0.1, 0.15) is 133 Å². The van der Waals surface area contributed by atoms with Crippen molar-refractivity contribution < 1.29 is 81.0 Å². The molecule has 1 rings (SSSR count). The molecule has 0 radical (unpaired) electrons. The maximum Gasteiger partial charge on any atom is 1.00 e. The molecule has 186 valence electrons. The van der Waals surface area contributed by atoms with Gasteiger partial charge in [-0.15, -0.1) is 0 Å². The predicted molar refractivity (Wildman–Crippen MR) is 130 cm³/mol. The van der Waals surface area contributed by atoms with Gasteiger partial charge in [0.05, 0.1) is 11.1 Å². The maximum atomic E-state index is 10.3. The average molecular weight is 483 g/mol. The van der Waals surface area contributed by atoms with Crippen LogP contribution in [0.15, 0.2) is 24.3 Å². The van der Waals surface area contributed by atoms with Gasteiger partial charge in [0.2, 0.25) is 0 Å². The second kappa shape index (κ2) is 26.8. The summed E-state index contributed by atoms with van der Waals surface area (Å²) < 4.78 is 0. The van der Waals surface area contributed by atoms with E-state index in [-0.39, 0.29) is 62.4 Å². The molecule has 0 spiro atoms. The van der Waals surface area contributed by atoms with Crippen molar-refractivity contribution in [3.8, 4) is 0 Å². The second-order valence-corrected chi connectivity index (χ2v) is 8.28. The fourth-order valence-corrected chi connectivity index (χ4v) is 3.40. The van der Waals surface area contributed by atoms with E-state index in [1.165, 1.54) is 108 Å². The molecule has 34 heavy (non-hydrogen) atoms. The van der Waals surface area contributed by atoms with Gasteiger partial charge in [-0.3, -0.25) is 4.79 Å². The summed E-state index contributed by atoms with van der Waals surface area (Å²) in [6, 6.07) is 5.02. The summed E-state index contributed by atoms with van der Waals surface area (Å²) in [5.74, 6) is -2.78. The van der Waals surface area contributed by atoms with Crippen molar-refractivity contribution in [3.05, 3.63) is 35.4 Å².